The molecule has 5 rings (SSSR count). The summed E-state index contributed by atoms with van der Waals surface area (Å²) in [5.74, 6) is -0.963. The molecule has 2 aliphatic heterocycles. The lowest BCUT2D eigenvalue weighted by molar-refractivity contribution is -0.121. The fourth-order valence-electron chi connectivity index (χ4n) is 4.07. The second kappa shape index (κ2) is 10.2. The molecule has 0 fully saturated rings. The molecule has 0 saturated heterocycles. The highest BCUT2D eigenvalue weighted by Crippen LogP contribution is 2.38. The van der Waals surface area contributed by atoms with Gasteiger partial charge < -0.3 is 5.32 Å². The topological polar surface area (TPSA) is 74.1 Å². The van der Waals surface area contributed by atoms with Gasteiger partial charge in [0.2, 0.25) is 5.91 Å². The largest absolute Gasteiger partial charge is 0.326 e. The number of amides is 2. The third-order valence-corrected chi connectivity index (χ3v) is 7.37. The van der Waals surface area contributed by atoms with Gasteiger partial charge in [0.15, 0.2) is 5.17 Å². The lowest BCUT2D eigenvalue weighted by atomic mass is 9.98. The predicted octanol–water partition coefficient (Wildman–Crippen LogP) is 5.97. The number of anilines is 1. The summed E-state index contributed by atoms with van der Waals surface area (Å²) >= 11 is 7.27. The van der Waals surface area contributed by atoms with E-state index in [0.717, 1.165) is 22.4 Å². The number of aliphatic imine (C=N–C) groups is 1. The zero-order chi connectivity index (χ0) is 25.2. The average Bonchev–Trinajstić information content (AvgIpc) is 3.45. The number of rotatable bonds is 5. The molecule has 2 atom stereocenters. The van der Waals surface area contributed by atoms with E-state index < -0.39 is 5.25 Å². The van der Waals surface area contributed by atoms with Crippen molar-refractivity contribution in [3.8, 4) is 0 Å². The Kier molecular flexibility index (Phi) is 6.89. The molecule has 3 aromatic rings. The molecule has 1 N–H and O–H groups in total. The smallest absolute Gasteiger partial charge is 0.262 e. The number of aryl methyl sites for hydroxylation is 1. The Morgan fingerprint density at radius 1 is 1.08 bits per heavy atom. The van der Waals surface area contributed by atoms with Crippen LogP contribution in [-0.4, -0.2) is 33.0 Å². The molecule has 6 nitrogen and oxygen atoms in total. The molecule has 2 heterocycles. The number of halogens is 2. The van der Waals surface area contributed by atoms with Crippen LogP contribution in [0.3, 0.4) is 0 Å². The van der Waals surface area contributed by atoms with E-state index in [1.807, 2.05) is 43.3 Å². The van der Waals surface area contributed by atoms with Crippen LogP contribution in [0.1, 0.15) is 35.6 Å². The van der Waals surface area contributed by atoms with Gasteiger partial charge in [-0.1, -0.05) is 65.3 Å². The molecule has 0 radical (unpaired) electrons. The van der Waals surface area contributed by atoms with Crippen LogP contribution in [0.25, 0.3) is 0 Å². The van der Waals surface area contributed by atoms with E-state index in [1.54, 1.807) is 29.3 Å². The second-order valence-electron chi connectivity index (χ2n) is 8.63. The monoisotopic (exact) mass is 520 g/mol. The molecule has 0 saturated carbocycles. The number of nitrogens with one attached hydrogen (secondary N) is 1. The van der Waals surface area contributed by atoms with Crippen LogP contribution in [0.15, 0.2) is 82.9 Å². The summed E-state index contributed by atoms with van der Waals surface area (Å²) in [7, 11) is 0. The van der Waals surface area contributed by atoms with Crippen LogP contribution in [0.5, 0.6) is 0 Å². The highest BCUT2D eigenvalue weighted by atomic mass is 35.5. The number of amidine groups is 1. The number of hydrogen-bond donors (Lipinski definition) is 1. The van der Waals surface area contributed by atoms with Crippen molar-refractivity contribution in [3.05, 3.63) is 100 Å². The molecule has 0 aromatic heterocycles. The van der Waals surface area contributed by atoms with Crippen molar-refractivity contribution in [3.63, 3.8) is 0 Å². The Labute approximate surface area is 217 Å². The predicted molar refractivity (Wildman–Crippen MR) is 142 cm³/mol. The Morgan fingerprint density at radius 3 is 2.47 bits per heavy atom. The first-order valence-corrected chi connectivity index (χ1v) is 12.7. The Balaban J connectivity index is 1.35. The first-order valence-electron chi connectivity index (χ1n) is 11.4. The Morgan fingerprint density at radius 2 is 1.78 bits per heavy atom. The van der Waals surface area contributed by atoms with E-state index in [-0.39, 0.29) is 30.1 Å². The van der Waals surface area contributed by atoms with Crippen molar-refractivity contribution in [1.29, 1.82) is 0 Å². The maximum absolute atomic E-state index is 13.6. The normalized spacial score (nSPS) is 19.3. The van der Waals surface area contributed by atoms with Crippen molar-refractivity contribution >= 4 is 51.7 Å². The summed E-state index contributed by atoms with van der Waals surface area (Å²) in [6.45, 7) is 1.97. The van der Waals surface area contributed by atoms with Crippen molar-refractivity contribution in [2.45, 2.75) is 31.1 Å². The molecule has 0 aliphatic carbocycles. The van der Waals surface area contributed by atoms with E-state index in [0.29, 0.717) is 22.3 Å². The van der Waals surface area contributed by atoms with Crippen LogP contribution in [0.2, 0.25) is 5.02 Å². The lowest BCUT2D eigenvalue weighted by Crippen LogP contribution is -2.25. The molecule has 0 unspecified atom stereocenters. The maximum Gasteiger partial charge on any atom is 0.262 e. The van der Waals surface area contributed by atoms with Gasteiger partial charge in [0.05, 0.1) is 11.8 Å². The van der Waals surface area contributed by atoms with Gasteiger partial charge in [-0.2, -0.15) is 10.1 Å². The number of nitrogens with zero attached hydrogens (tertiary/aromatic N) is 3. The van der Waals surface area contributed by atoms with Gasteiger partial charge in [-0.25, -0.2) is 9.40 Å². The molecule has 2 aliphatic rings. The van der Waals surface area contributed by atoms with Crippen LogP contribution < -0.4 is 5.32 Å². The van der Waals surface area contributed by atoms with Gasteiger partial charge in [-0.3, -0.25) is 9.59 Å². The molecule has 9 heteroatoms. The summed E-state index contributed by atoms with van der Waals surface area (Å²) < 4.78 is 13.6. The van der Waals surface area contributed by atoms with Gasteiger partial charge in [0, 0.05) is 23.6 Å². The van der Waals surface area contributed by atoms with Gasteiger partial charge in [-0.15, -0.1) is 0 Å². The molecule has 0 spiro atoms. The summed E-state index contributed by atoms with van der Waals surface area (Å²) in [6.07, 6.45) is 0.535. The molecular weight excluding hydrogens is 499 g/mol. The molecular formula is C27H22ClFN4O2S. The summed E-state index contributed by atoms with van der Waals surface area (Å²) in [6, 6.07) is 20.8. The summed E-state index contributed by atoms with van der Waals surface area (Å²) in [4.78, 5) is 29.6. The van der Waals surface area contributed by atoms with Crippen LogP contribution in [0, 0.1) is 12.7 Å². The van der Waals surface area contributed by atoms with E-state index in [9.17, 15) is 14.0 Å². The minimum absolute atomic E-state index is 0.00676. The molecule has 36 heavy (non-hydrogen) atoms. The van der Waals surface area contributed by atoms with Crippen molar-refractivity contribution < 1.29 is 14.0 Å². The number of carbonyl (C=O) groups excluding carboxylic acids is 2. The van der Waals surface area contributed by atoms with E-state index in [2.05, 4.69) is 10.3 Å². The quantitative estimate of drug-likeness (QED) is 0.450. The minimum Gasteiger partial charge on any atom is -0.326 e. The van der Waals surface area contributed by atoms with E-state index in [1.165, 1.54) is 23.9 Å². The van der Waals surface area contributed by atoms with Crippen LogP contribution >= 0.6 is 23.4 Å². The Bertz CT molecular complexity index is 1360. The van der Waals surface area contributed by atoms with Gasteiger partial charge >= 0.3 is 0 Å². The van der Waals surface area contributed by atoms with E-state index in [4.69, 9.17) is 16.7 Å². The molecule has 0 bridgehead atoms. The SMILES string of the molecule is Cc1ccc(NC(=O)C[C@H]2SC(N3N=C(c4ccc(Cl)cc4)C[C@@H]3c3ccc(F)cc3)=NC2=O)cc1. The third-order valence-electron chi connectivity index (χ3n) is 5.97. The second-order valence-corrected chi connectivity index (χ2v) is 10.2. The average molecular weight is 521 g/mol. The first-order chi connectivity index (χ1) is 17.4. The number of carbonyl (C=O) groups is 2. The lowest BCUT2D eigenvalue weighted by Gasteiger charge is -2.23. The van der Waals surface area contributed by atoms with Gasteiger partial charge in [0.1, 0.15) is 11.1 Å². The molecule has 2 amide bonds. The fraction of sp³-hybridized carbons (Fsp3) is 0.185. The number of hydrazone groups is 1. The molecule has 182 valence electrons. The van der Waals surface area contributed by atoms with Crippen LogP contribution in [0.4, 0.5) is 10.1 Å². The third kappa shape index (κ3) is 5.34. The van der Waals surface area contributed by atoms with Crippen molar-refractivity contribution in [2.24, 2.45) is 10.1 Å². The van der Waals surface area contributed by atoms with Gasteiger partial charge in [-0.05, 0) is 54.4 Å². The zero-order valence-electron chi connectivity index (χ0n) is 19.3. The minimum atomic E-state index is -0.644. The maximum atomic E-state index is 13.6. The van der Waals surface area contributed by atoms with Crippen molar-refractivity contribution in [2.75, 3.05) is 5.32 Å². The van der Waals surface area contributed by atoms with Gasteiger partial charge in [0.25, 0.3) is 5.91 Å². The standard InChI is InChI=1S/C27H22ClFN4O2S/c1-16-2-12-21(13-3-16)30-25(34)15-24-26(35)31-27(36-24)33-23(18-6-10-20(29)11-7-18)14-22(32-33)17-4-8-19(28)9-5-17/h2-13,23-24H,14-15H2,1H3,(H,30,34)/t23-,24-/m1/s1. The Hall–Kier alpha value is -3.49. The van der Waals surface area contributed by atoms with E-state index >= 15 is 0 Å². The number of thioether (sulfide) groups is 1. The first kappa shape index (κ1) is 24.2. The summed E-state index contributed by atoms with van der Waals surface area (Å²) in [5.41, 5.74) is 4.32. The van der Waals surface area contributed by atoms with Crippen molar-refractivity contribution in [1.82, 2.24) is 5.01 Å². The number of benzene rings is 3. The highest BCUT2D eigenvalue weighted by molar-refractivity contribution is 8.15. The fourth-order valence-corrected chi connectivity index (χ4v) is 5.26. The zero-order valence-corrected chi connectivity index (χ0v) is 20.9. The number of hydrogen-bond acceptors (Lipinski definition) is 5. The highest BCUT2D eigenvalue weighted by Gasteiger charge is 2.39. The van der Waals surface area contributed by atoms with Crippen LogP contribution in [-0.2, 0) is 9.59 Å². The molecule has 3 aromatic carbocycles. The summed E-state index contributed by atoms with van der Waals surface area (Å²) in [5, 5.41) is 9.72.